The first kappa shape index (κ1) is 32.4. The van der Waals surface area contributed by atoms with Crippen molar-refractivity contribution in [2.24, 2.45) is 5.73 Å². The summed E-state index contributed by atoms with van der Waals surface area (Å²) in [6.45, 7) is 12.6. The summed E-state index contributed by atoms with van der Waals surface area (Å²) in [7, 11) is 0. The number of amides is 4. The predicted octanol–water partition coefficient (Wildman–Crippen LogP) is 2.42. The fraction of sp³-hybridized carbons (Fsp3) is 0.593. The Morgan fingerprint density at radius 2 is 1.71 bits per heavy atom. The number of nitrogens with zero attached hydrogens (tertiary/aromatic N) is 1. The molecule has 0 fully saturated rings. The van der Waals surface area contributed by atoms with Gasteiger partial charge in [0.15, 0.2) is 0 Å². The molecule has 0 spiro atoms. The molecule has 0 aliphatic heterocycles. The van der Waals surface area contributed by atoms with Crippen LogP contribution in [0.2, 0.25) is 0 Å². The Kier molecular flexibility index (Phi) is 12.7. The van der Waals surface area contributed by atoms with Crippen molar-refractivity contribution < 1.29 is 33.4 Å². The summed E-state index contributed by atoms with van der Waals surface area (Å²) in [5, 5.41) is 5.25. The van der Waals surface area contributed by atoms with Gasteiger partial charge < -0.3 is 30.7 Å². The van der Waals surface area contributed by atoms with Gasteiger partial charge in [0.2, 0.25) is 17.7 Å². The lowest BCUT2D eigenvalue weighted by Crippen LogP contribution is -2.53. The third-order valence-electron chi connectivity index (χ3n) is 5.51. The number of carbonyl (C=O) groups is 5. The molecule has 1 aromatic rings. The van der Waals surface area contributed by atoms with E-state index in [2.05, 4.69) is 10.6 Å². The van der Waals surface area contributed by atoms with E-state index < -0.39 is 47.5 Å². The molecular weight excluding hydrogens is 492 g/mol. The Hall–Kier alpha value is -3.63. The van der Waals surface area contributed by atoms with Crippen LogP contribution in [0.4, 0.5) is 4.79 Å². The van der Waals surface area contributed by atoms with E-state index in [-0.39, 0.29) is 39.0 Å². The van der Waals surface area contributed by atoms with Crippen LogP contribution in [0.25, 0.3) is 0 Å². The van der Waals surface area contributed by atoms with Gasteiger partial charge in [0.05, 0.1) is 13.0 Å². The van der Waals surface area contributed by atoms with Crippen LogP contribution in [0.15, 0.2) is 18.2 Å². The zero-order valence-electron chi connectivity index (χ0n) is 23.5. The van der Waals surface area contributed by atoms with Gasteiger partial charge >= 0.3 is 12.1 Å². The zero-order valence-corrected chi connectivity index (χ0v) is 23.5. The van der Waals surface area contributed by atoms with E-state index in [1.807, 2.05) is 26.0 Å². The summed E-state index contributed by atoms with van der Waals surface area (Å²) in [6, 6.07) is 3.28. The highest BCUT2D eigenvalue weighted by atomic mass is 16.6. The van der Waals surface area contributed by atoms with Crippen LogP contribution >= 0.6 is 0 Å². The third-order valence-corrected chi connectivity index (χ3v) is 5.51. The molecule has 4 amide bonds. The first-order valence-corrected chi connectivity index (χ1v) is 12.8. The Balaban J connectivity index is 3.36. The summed E-state index contributed by atoms with van der Waals surface area (Å²) in [5.41, 5.74) is 6.85. The van der Waals surface area contributed by atoms with Gasteiger partial charge in [-0.1, -0.05) is 23.8 Å². The first-order chi connectivity index (χ1) is 17.7. The molecule has 1 aromatic carbocycles. The molecule has 0 heterocycles. The molecule has 212 valence electrons. The number of esters is 1. The van der Waals surface area contributed by atoms with Crippen molar-refractivity contribution in [1.82, 2.24) is 15.5 Å². The number of hydrogen-bond donors (Lipinski definition) is 3. The molecule has 2 unspecified atom stereocenters. The van der Waals surface area contributed by atoms with E-state index in [0.717, 1.165) is 11.1 Å². The molecule has 0 bridgehead atoms. The molecule has 0 aliphatic carbocycles. The van der Waals surface area contributed by atoms with Gasteiger partial charge in [-0.2, -0.15) is 0 Å². The van der Waals surface area contributed by atoms with E-state index in [1.54, 1.807) is 40.7 Å². The van der Waals surface area contributed by atoms with Crippen molar-refractivity contribution >= 4 is 29.8 Å². The van der Waals surface area contributed by atoms with Crippen LogP contribution < -0.4 is 16.4 Å². The maximum atomic E-state index is 13.8. The minimum atomic E-state index is -1.17. The minimum absolute atomic E-state index is 0.0199. The second-order valence-corrected chi connectivity index (χ2v) is 9.94. The lowest BCUT2D eigenvalue weighted by molar-refractivity contribution is -0.144. The fourth-order valence-corrected chi connectivity index (χ4v) is 3.86. The molecule has 0 aliphatic rings. The van der Waals surface area contributed by atoms with Gasteiger partial charge in [0.25, 0.3) is 0 Å². The molecule has 38 heavy (non-hydrogen) atoms. The van der Waals surface area contributed by atoms with E-state index >= 15 is 0 Å². The summed E-state index contributed by atoms with van der Waals surface area (Å²) in [5.74, 6) is -2.17. The summed E-state index contributed by atoms with van der Waals surface area (Å²) < 4.78 is 10.2. The highest BCUT2D eigenvalue weighted by Crippen LogP contribution is 2.27. The maximum absolute atomic E-state index is 13.8. The summed E-state index contributed by atoms with van der Waals surface area (Å²) in [6.07, 6.45) is -1.10. The Bertz CT molecular complexity index is 1000. The van der Waals surface area contributed by atoms with Gasteiger partial charge in [-0.3, -0.25) is 19.2 Å². The molecule has 4 N–H and O–H groups in total. The maximum Gasteiger partial charge on any atom is 0.408 e. The van der Waals surface area contributed by atoms with Crippen molar-refractivity contribution in [3.8, 4) is 0 Å². The topological polar surface area (TPSA) is 157 Å². The molecular formula is C27H42N4O7. The van der Waals surface area contributed by atoms with E-state index in [1.165, 1.54) is 4.90 Å². The summed E-state index contributed by atoms with van der Waals surface area (Å²) >= 11 is 0. The van der Waals surface area contributed by atoms with Crippen LogP contribution in [0.3, 0.4) is 0 Å². The largest absolute Gasteiger partial charge is 0.466 e. The molecule has 0 aromatic heterocycles. The average Bonchev–Trinajstić information content (AvgIpc) is 2.79. The molecule has 0 saturated carbocycles. The monoisotopic (exact) mass is 534 g/mol. The smallest absolute Gasteiger partial charge is 0.408 e. The normalized spacial score (nSPS) is 12.6. The van der Waals surface area contributed by atoms with Crippen molar-refractivity contribution in [2.45, 2.75) is 85.4 Å². The predicted molar refractivity (Wildman–Crippen MR) is 142 cm³/mol. The number of rotatable bonds is 13. The lowest BCUT2D eigenvalue weighted by atomic mass is 9.96. The Morgan fingerprint density at radius 3 is 2.24 bits per heavy atom. The summed E-state index contributed by atoms with van der Waals surface area (Å²) in [4.78, 5) is 64.4. The standard InChI is InChI=1S/C27H42N4O7/c1-8-31(25(35)20(12-13-21(28)32)30-26(36)38-27(5,6)7)23(19-11-10-17(3)16-18(19)4)24(34)29-15-14-22(33)37-9-2/h10-11,16,20,23H,8-9,12-15H2,1-7H3,(H2,28,32)(H,29,34)(H,30,36). The molecule has 0 saturated heterocycles. The van der Waals surface area contributed by atoms with Crippen LogP contribution in [0, 0.1) is 13.8 Å². The number of primary amides is 1. The SMILES string of the molecule is CCOC(=O)CCNC(=O)C(c1ccc(C)cc1C)N(CC)C(=O)C(CCC(N)=O)NC(=O)OC(C)(C)C. The molecule has 0 radical (unpaired) electrons. The highest BCUT2D eigenvalue weighted by Gasteiger charge is 2.36. The average molecular weight is 535 g/mol. The van der Waals surface area contributed by atoms with Gasteiger partial charge in [-0.05, 0) is 66.0 Å². The van der Waals surface area contributed by atoms with Crippen LogP contribution in [-0.2, 0) is 28.7 Å². The number of aryl methyl sites for hydroxylation is 2. The minimum Gasteiger partial charge on any atom is -0.466 e. The molecule has 1 rings (SSSR count). The number of carbonyl (C=O) groups excluding carboxylic acids is 5. The third kappa shape index (κ3) is 10.8. The second-order valence-electron chi connectivity index (χ2n) is 9.94. The number of likely N-dealkylation sites (N-methyl/N-ethyl adjacent to an activating group) is 1. The van der Waals surface area contributed by atoms with Gasteiger partial charge in [0, 0.05) is 19.5 Å². The number of hydrogen-bond acceptors (Lipinski definition) is 7. The number of nitrogens with two attached hydrogens (primary N) is 1. The Labute approximate surface area is 224 Å². The molecule has 11 heteroatoms. The van der Waals surface area contributed by atoms with Crippen molar-refractivity contribution in [3.05, 3.63) is 34.9 Å². The van der Waals surface area contributed by atoms with Gasteiger partial charge in [0.1, 0.15) is 17.7 Å². The van der Waals surface area contributed by atoms with Crippen LogP contribution in [0.5, 0.6) is 0 Å². The lowest BCUT2D eigenvalue weighted by Gasteiger charge is -2.34. The number of alkyl carbamates (subject to hydrolysis) is 1. The van der Waals surface area contributed by atoms with Gasteiger partial charge in [-0.15, -0.1) is 0 Å². The van der Waals surface area contributed by atoms with E-state index in [4.69, 9.17) is 15.2 Å². The van der Waals surface area contributed by atoms with Gasteiger partial charge in [-0.25, -0.2) is 4.79 Å². The molecule has 11 nitrogen and oxygen atoms in total. The second kappa shape index (κ2) is 14.9. The van der Waals surface area contributed by atoms with E-state index in [0.29, 0.717) is 5.56 Å². The quantitative estimate of drug-likeness (QED) is 0.328. The van der Waals surface area contributed by atoms with E-state index in [9.17, 15) is 24.0 Å². The highest BCUT2D eigenvalue weighted by molar-refractivity contribution is 5.92. The number of benzene rings is 1. The Morgan fingerprint density at radius 1 is 1.05 bits per heavy atom. The number of nitrogens with one attached hydrogen (secondary N) is 2. The van der Waals surface area contributed by atoms with Crippen molar-refractivity contribution in [2.75, 3.05) is 19.7 Å². The molecule has 2 atom stereocenters. The zero-order chi connectivity index (χ0) is 29.0. The van der Waals surface area contributed by atoms with Crippen LogP contribution in [-0.4, -0.2) is 66.0 Å². The fourth-order valence-electron chi connectivity index (χ4n) is 3.86. The van der Waals surface area contributed by atoms with Crippen molar-refractivity contribution in [1.29, 1.82) is 0 Å². The van der Waals surface area contributed by atoms with Crippen LogP contribution in [0.1, 0.15) is 76.6 Å². The van der Waals surface area contributed by atoms with Crippen molar-refractivity contribution in [3.63, 3.8) is 0 Å². The number of ether oxygens (including phenoxy) is 2. The first-order valence-electron chi connectivity index (χ1n) is 12.8.